The quantitative estimate of drug-likeness (QED) is 0.757. The summed E-state index contributed by atoms with van der Waals surface area (Å²) in [7, 11) is -3.12. The van der Waals surface area contributed by atoms with Gasteiger partial charge in [0, 0.05) is 19.2 Å². The van der Waals surface area contributed by atoms with Gasteiger partial charge < -0.3 is 10.2 Å². The van der Waals surface area contributed by atoms with Crippen molar-refractivity contribution in [3.05, 3.63) is 41.5 Å². The molecule has 2 amide bonds. The molecule has 1 aliphatic rings. The standard InChI is InChI=1S/C18H21F3N2O4S/c1-12(14-3-5-15(6-4-14)18(19,20)21)11-16(24)22-13(2)17(25)23-7-9-28(26,27)10-8-23/h3-6,11,13H,7-10H2,1-2H3,(H,22,24)/b12-11-. The van der Waals surface area contributed by atoms with E-state index in [0.717, 1.165) is 12.1 Å². The average Bonchev–Trinajstić information content (AvgIpc) is 2.60. The molecule has 6 nitrogen and oxygen atoms in total. The molecule has 154 valence electrons. The second kappa shape index (κ2) is 8.34. The molecule has 0 radical (unpaired) electrons. The van der Waals surface area contributed by atoms with Gasteiger partial charge in [-0.25, -0.2) is 8.42 Å². The number of carbonyl (C=O) groups excluding carboxylic acids is 2. The molecule has 1 heterocycles. The minimum atomic E-state index is -4.43. The summed E-state index contributed by atoms with van der Waals surface area (Å²) in [6.07, 6.45) is -3.23. The summed E-state index contributed by atoms with van der Waals surface area (Å²) in [4.78, 5) is 25.8. The van der Waals surface area contributed by atoms with E-state index in [9.17, 15) is 31.2 Å². The van der Waals surface area contributed by atoms with Crippen molar-refractivity contribution in [2.24, 2.45) is 0 Å². The van der Waals surface area contributed by atoms with Crippen molar-refractivity contribution in [3.8, 4) is 0 Å². The Labute approximate surface area is 161 Å². The molecule has 10 heteroatoms. The van der Waals surface area contributed by atoms with Crippen LogP contribution in [0, 0.1) is 0 Å². The van der Waals surface area contributed by atoms with Crippen molar-refractivity contribution in [3.63, 3.8) is 0 Å². The number of rotatable bonds is 4. The van der Waals surface area contributed by atoms with Crippen LogP contribution < -0.4 is 5.32 Å². The Bertz CT molecular complexity index is 863. The summed E-state index contributed by atoms with van der Waals surface area (Å²) in [5.74, 6) is -1.16. The topological polar surface area (TPSA) is 83.6 Å². The summed E-state index contributed by atoms with van der Waals surface area (Å²) >= 11 is 0. The summed E-state index contributed by atoms with van der Waals surface area (Å²) in [6, 6.07) is 3.54. The first kappa shape index (κ1) is 21.9. The van der Waals surface area contributed by atoms with Gasteiger partial charge in [-0.05, 0) is 37.1 Å². The van der Waals surface area contributed by atoms with Gasteiger partial charge in [0.1, 0.15) is 6.04 Å². The Hall–Kier alpha value is -2.36. The molecule has 1 unspecified atom stereocenters. The lowest BCUT2D eigenvalue weighted by molar-refractivity contribution is -0.137. The molecule has 0 saturated carbocycles. The number of halogens is 3. The van der Waals surface area contributed by atoms with Crippen LogP contribution in [-0.2, 0) is 25.6 Å². The number of nitrogens with zero attached hydrogens (tertiary/aromatic N) is 1. The number of benzene rings is 1. The molecule has 1 N–H and O–H groups in total. The number of amides is 2. The molecule has 1 aromatic rings. The third-order valence-electron chi connectivity index (χ3n) is 4.40. The Morgan fingerprint density at radius 3 is 2.18 bits per heavy atom. The van der Waals surface area contributed by atoms with Crippen LogP contribution in [0.25, 0.3) is 5.57 Å². The first-order valence-electron chi connectivity index (χ1n) is 8.55. The minimum absolute atomic E-state index is 0.0851. The van der Waals surface area contributed by atoms with Crippen molar-refractivity contribution in [2.75, 3.05) is 24.6 Å². The van der Waals surface area contributed by atoms with Crippen LogP contribution in [0.2, 0.25) is 0 Å². The fraction of sp³-hybridized carbons (Fsp3) is 0.444. The molecule has 28 heavy (non-hydrogen) atoms. The lowest BCUT2D eigenvalue weighted by Gasteiger charge is -2.29. The van der Waals surface area contributed by atoms with E-state index >= 15 is 0 Å². The van der Waals surface area contributed by atoms with Crippen LogP contribution in [0.3, 0.4) is 0 Å². The molecular weight excluding hydrogens is 397 g/mol. The second-order valence-electron chi connectivity index (χ2n) is 6.61. The van der Waals surface area contributed by atoms with E-state index in [0.29, 0.717) is 11.1 Å². The first-order chi connectivity index (χ1) is 12.9. The smallest absolute Gasteiger partial charge is 0.341 e. The zero-order valence-corrected chi connectivity index (χ0v) is 16.2. The third-order valence-corrected chi connectivity index (χ3v) is 6.01. The van der Waals surface area contributed by atoms with Crippen molar-refractivity contribution >= 4 is 27.2 Å². The van der Waals surface area contributed by atoms with Crippen molar-refractivity contribution in [1.29, 1.82) is 0 Å². The molecule has 1 atom stereocenters. The van der Waals surface area contributed by atoms with Gasteiger partial charge in [-0.1, -0.05) is 12.1 Å². The first-order valence-corrected chi connectivity index (χ1v) is 10.4. The van der Waals surface area contributed by atoms with Crippen molar-refractivity contribution in [1.82, 2.24) is 10.2 Å². The molecule has 0 aliphatic carbocycles. The summed E-state index contributed by atoms with van der Waals surface area (Å²) in [5.41, 5.74) is 0.106. The van der Waals surface area contributed by atoms with E-state index in [2.05, 4.69) is 5.32 Å². The predicted molar refractivity (Wildman–Crippen MR) is 97.9 cm³/mol. The van der Waals surface area contributed by atoms with Gasteiger partial charge in [0.2, 0.25) is 11.8 Å². The lowest BCUT2D eigenvalue weighted by atomic mass is 10.0. The van der Waals surface area contributed by atoms with Crippen molar-refractivity contribution in [2.45, 2.75) is 26.1 Å². The molecule has 1 fully saturated rings. The van der Waals surface area contributed by atoms with Gasteiger partial charge in [0.05, 0.1) is 17.1 Å². The summed E-state index contributed by atoms with van der Waals surface area (Å²) in [5, 5.41) is 2.50. The van der Waals surface area contributed by atoms with Gasteiger partial charge >= 0.3 is 6.18 Å². The minimum Gasteiger partial charge on any atom is -0.341 e. The molecular formula is C18H21F3N2O4S. The maximum Gasteiger partial charge on any atom is 0.416 e. The Morgan fingerprint density at radius 1 is 1.14 bits per heavy atom. The van der Waals surface area contributed by atoms with E-state index in [1.165, 1.54) is 30.0 Å². The van der Waals surface area contributed by atoms with E-state index in [4.69, 9.17) is 0 Å². The van der Waals surface area contributed by atoms with Crippen molar-refractivity contribution < 1.29 is 31.2 Å². The van der Waals surface area contributed by atoms with E-state index < -0.39 is 33.5 Å². The fourth-order valence-corrected chi connectivity index (χ4v) is 3.93. The van der Waals surface area contributed by atoms with Crippen LogP contribution >= 0.6 is 0 Å². The maximum atomic E-state index is 12.6. The summed E-state index contributed by atoms with van der Waals surface area (Å²) in [6.45, 7) is 3.23. The van der Waals surface area contributed by atoms with E-state index in [1.807, 2.05) is 0 Å². The highest BCUT2D eigenvalue weighted by molar-refractivity contribution is 7.91. The normalized spacial score (nSPS) is 18.5. The van der Waals surface area contributed by atoms with E-state index in [1.54, 1.807) is 6.92 Å². The number of allylic oxidation sites excluding steroid dienone is 1. The van der Waals surface area contributed by atoms with Gasteiger partial charge in [-0.2, -0.15) is 13.2 Å². The van der Waals surface area contributed by atoms with E-state index in [-0.39, 0.29) is 30.5 Å². The lowest BCUT2D eigenvalue weighted by Crippen LogP contribution is -2.51. The molecule has 0 aromatic heterocycles. The van der Waals surface area contributed by atoms with Gasteiger partial charge in [-0.3, -0.25) is 9.59 Å². The zero-order valence-electron chi connectivity index (χ0n) is 15.4. The van der Waals surface area contributed by atoms with Gasteiger partial charge in [-0.15, -0.1) is 0 Å². The molecule has 2 rings (SSSR count). The molecule has 0 bridgehead atoms. The van der Waals surface area contributed by atoms with Gasteiger partial charge in [0.15, 0.2) is 9.84 Å². The summed E-state index contributed by atoms with van der Waals surface area (Å²) < 4.78 is 60.6. The highest BCUT2D eigenvalue weighted by Gasteiger charge is 2.30. The number of alkyl halides is 3. The predicted octanol–water partition coefficient (Wildman–Crippen LogP) is 1.87. The second-order valence-corrected chi connectivity index (χ2v) is 8.91. The zero-order chi connectivity index (χ0) is 21.1. The number of hydrogen-bond acceptors (Lipinski definition) is 4. The maximum absolute atomic E-state index is 12.6. The molecule has 1 aliphatic heterocycles. The SMILES string of the molecule is C/C(=C/C(=O)NC(C)C(=O)N1CCS(=O)(=O)CC1)c1ccc(C(F)(F)F)cc1. The Kier molecular flexibility index (Phi) is 6.53. The van der Waals surface area contributed by atoms with Crippen LogP contribution in [-0.4, -0.2) is 55.8 Å². The third kappa shape index (κ3) is 5.82. The highest BCUT2D eigenvalue weighted by Crippen LogP contribution is 2.30. The average molecular weight is 418 g/mol. The van der Waals surface area contributed by atoms with Crippen LogP contribution in [0.5, 0.6) is 0 Å². The molecule has 1 saturated heterocycles. The highest BCUT2D eigenvalue weighted by atomic mass is 32.2. The Balaban J connectivity index is 1.97. The largest absolute Gasteiger partial charge is 0.416 e. The van der Waals surface area contributed by atoms with Gasteiger partial charge in [0.25, 0.3) is 0 Å². The fourth-order valence-electron chi connectivity index (χ4n) is 2.73. The molecule has 0 spiro atoms. The van der Waals surface area contributed by atoms with Crippen LogP contribution in [0.1, 0.15) is 25.0 Å². The Morgan fingerprint density at radius 2 is 1.68 bits per heavy atom. The van der Waals surface area contributed by atoms with Crippen LogP contribution in [0.4, 0.5) is 13.2 Å². The number of carbonyl (C=O) groups is 2. The van der Waals surface area contributed by atoms with Crippen LogP contribution in [0.15, 0.2) is 30.3 Å². The molecule has 1 aromatic carbocycles. The number of sulfone groups is 1. The number of nitrogens with one attached hydrogen (secondary N) is 1. The number of hydrogen-bond donors (Lipinski definition) is 1. The monoisotopic (exact) mass is 418 g/mol.